The van der Waals surface area contributed by atoms with E-state index in [-0.39, 0.29) is 80.8 Å². The molecular formula is C65H72N10O23S6. The summed E-state index contributed by atoms with van der Waals surface area (Å²) >= 11 is 0. The number of nitrogens with one attached hydrogen (secondary N) is 4. The molecule has 4 fully saturated rings. The van der Waals surface area contributed by atoms with E-state index >= 15 is 9.59 Å². The maximum Gasteiger partial charge on any atom is 0.323 e. The van der Waals surface area contributed by atoms with Crippen LogP contribution in [0.4, 0.5) is 50.6 Å². The summed E-state index contributed by atoms with van der Waals surface area (Å²) in [5, 5.41) is 7.87. The molecule has 0 bridgehead atoms. The van der Waals surface area contributed by atoms with Crippen molar-refractivity contribution in [3.8, 4) is 0 Å². The van der Waals surface area contributed by atoms with Gasteiger partial charge in [-0.25, -0.2) is 4.79 Å². The summed E-state index contributed by atoms with van der Waals surface area (Å²) in [7, 11) is -26.4. The number of aryl methyl sites for hydroxylation is 4. The molecule has 4 saturated carbocycles. The number of hydrogen-bond acceptors (Lipinski definition) is 17. The van der Waals surface area contributed by atoms with Gasteiger partial charge >= 0.3 is 6.03 Å². The maximum absolute atomic E-state index is 15.6. The van der Waals surface area contributed by atoms with Crippen LogP contribution in [0.5, 0.6) is 0 Å². The molecule has 0 radical (unpaired) electrons. The zero-order chi connectivity index (χ0) is 76.6. The van der Waals surface area contributed by atoms with E-state index < -0.39 is 163 Å². The average molecular weight is 1550 g/mol. The fourth-order valence-electron chi connectivity index (χ4n) is 16.5. The third-order valence-electron chi connectivity index (χ3n) is 21.5. The summed E-state index contributed by atoms with van der Waals surface area (Å²) < 4.78 is 222. The van der Waals surface area contributed by atoms with Gasteiger partial charge < -0.3 is 39.5 Å². The molecule has 0 spiro atoms. The lowest BCUT2D eigenvalue weighted by Crippen LogP contribution is -2.39. The van der Waals surface area contributed by atoms with Gasteiger partial charge in [-0.1, -0.05) is 54.4 Å². The van der Waals surface area contributed by atoms with Crippen molar-refractivity contribution in [2.75, 3.05) is 31.1 Å². The molecule has 6 amide bonds. The topological polar surface area (TPSA) is 486 Å². The zero-order valence-electron chi connectivity index (χ0n) is 57.0. The highest BCUT2D eigenvalue weighted by Crippen LogP contribution is 2.77. The highest BCUT2D eigenvalue weighted by Gasteiger charge is 2.77. The number of anilines is 8. The third-order valence-corrected chi connectivity index (χ3v) is 26.8. The van der Waals surface area contributed by atoms with E-state index in [0.29, 0.717) is 49.9 Å². The van der Waals surface area contributed by atoms with Crippen molar-refractivity contribution in [2.45, 2.75) is 109 Å². The van der Waals surface area contributed by atoms with E-state index in [9.17, 15) is 92.2 Å². The first-order valence-corrected chi connectivity index (χ1v) is 40.6. The molecule has 0 aliphatic heterocycles. The summed E-state index contributed by atoms with van der Waals surface area (Å²) in [6.07, 6.45) is 9.17. The average Bonchev–Trinajstić information content (AvgIpc) is 1.50. The molecule has 4 aromatic carbocycles. The van der Waals surface area contributed by atoms with Gasteiger partial charge in [-0.15, -0.1) is 0 Å². The second-order valence-corrected chi connectivity index (χ2v) is 37.1. The molecule has 0 saturated heterocycles. The Bertz CT molecular complexity index is 5510. The van der Waals surface area contributed by atoms with Crippen molar-refractivity contribution in [1.82, 2.24) is 18.3 Å². The molecule has 39 heteroatoms. The molecule has 6 atom stereocenters. The molecule has 4 heterocycles. The van der Waals surface area contributed by atoms with Crippen LogP contribution in [0.15, 0.2) is 127 Å². The number of nitrogens with zero attached hydrogens (tertiary/aromatic N) is 6. The quantitative estimate of drug-likeness (QED) is 0.0358. The zero-order valence-corrected chi connectivity index (χ0v) is 61.9. The first-order chi connectivity index (χ1) is 47.8. The highest BCUT2D eigenvalue weighted by molar-refractivity contribution is 7.88. The second kappa shape index (κ2) is 24.6. The molecule has 12 rings (SSSR count). The normalized spacial score (nSPS) is 21.5. The van der Waals surface area contributed by atoms with Gasteiger partial charge in [-0.05, 0) is 121 Å². The SMILES string of the molecule is CC1CCC2C(C)(C)C2(C(=O)N(c2cc(S(=O)(=O)O)c3cc(S(=O)(=O)O)cc(S(=O)(=O)O)c3c2)c2cc(NC(=O)c3cc(NC(=O)Nc4cc(C(=O)Nc5cc(N(C(=O)C67CC(C)CCC6C7(C)C)c6cc(S(=O)(=O)O)c7cc(S(=O)(=O)O)cc(S(=O)(=O)O)c7c6)n(C)c5)n(C)c4)cn3C)cn2C)C1. The highest BCUT2D eigenvalue weighted by atomic mass is 32.2. The number of hydrogen-bond donors (Lipinski definition) is 10. The summed E-state index contributed by atoms with van der Waals surface area (Å²) in [5.41, 5.74) is -4.03. The Morgan fingerprint density at radius 3 is 1.01 bits per heavy atom. The first-order valence-electron chi connectivity index (χ1n) is 31.9. The molecule has 8 aromatic rings. The van der Waals surface area contributed by atoms with E-state index in [0.717, 1.165) is 46.9 Å². The lowest BCUT2D eigenvalue weighted by molar-refractivity contribution is -0.126. The molecule has 6 unspecified atom stereocenters. The van der Waals surface area contributed by atoms with Crippen LogP contribution >= 0.6 is 0 Å². The first kappa shape index (κ1) is 74.8. The third kappa shape index (κ3) is 12.7. The number of urea groups is 1. The number of aromatic nitrogens is 4. The molecule has 4 aliphatic rings. The molecule has 556 valence electrons. The predicted octanol–water partition coefficient (Wildman–Crippen LogP) is 9.23. The largest absolute Gasteiger partial charge is 0.344 e. The fourth-order valence-corrected chi connectivity index (χ4v) is 20.6. The van der Waals surface area contributed by atoms with Crippen LogP contribution in [0.1, 0.15) is 101 Å². The standard InChI is InChI=1S/C65H72N10O23S6/c1-33-11-13-53-62(3,4)64(53,27-33)59(78)74(39-19-43-45(49(21-39)101(87,88)89)23-41(99(81,82)83)25-51(43)103(93,94)95)55-17-37(31-72(55)9)66-57(76)47-15-35(29-70(47)7)68-61(80)69-36-16-48(71(8)30-36)58(77)67-38-18-56(73(10)32-38)75(60(79)65-28-34(2)12-14-54(65)63(65,5)6)40-20-44-46(50(22-40)102(90,91)92)24-42(100(84,85)86)26-52(44)104(96,97)98/h15-26,29-34,53-54H,11-14,27-28H2,1-10H3,(H,66,76)(H,67,77)(H2,68,69,80)(H,81,82,83)(H,84,85,86)(H,87,88,89)(H,90,91,92)(H,93,94,95)(H,96,97,98). The van der Waals surface area contributed by atoms with Gasteiger partial charge in [0.25, 0.3) is 72.5 Å². The number of benzene rings is 4. The number of fused-ring (bicyclic) bond motifs is 4. The van der Waals surface area contributed by atoms with E-state index in [4.69, 9.17) is 0 Å². The van der Waals surface area contributed by atoms with E-state index in [1.54, 1.807) is 0 Å². The van der Waals surface area contributed by atoms with Gasteiger partial charge in [0.1, 0.15) is 42.6 Å². The van der Waals surface area contributed by atoms with Crippen LogP contribution in [0.2, 0.25) is 0 Å². The maximum atomic E-state index is 15.6. The van der Waals surface area contributed by atoms with Gasteiger partial charge in [-0.2, -0.15) is 50.5 Å². The molecule has 10 N–H and O–H groups in total. The minimum absolute atomic E-state index is 0.0252. The smallest absolute Gasteiger partial charge is 0.323 e. The van der Waals surface area contributed by atoms with Gasteiger partial charge in [0.15, 0.2) is 0 Å². The number of carbonyl (C=O) groups excluding carboxylic acids is 5. The molecule has 104 heavy (non-hydrogen) atoms. The van der Waals surface area contributed by atoms with Gasteiger partial charge in [-0.3, -0.25) is 56.3 Å². The van der Waals surface area contributed by atoms with Crippen molar-refractivity contribution in [2.24, 2.45) is 73.5 Å². The Hall–Kier alpha value is -8.87. The van der Waals surface area contributed by atoms with Crippen molar-refractivity contribution >= 4 is 158 Å². The van der Waals surface area contributed by atoms with Crippen molar-refractivity contribution in [3.63, 3.8) is 0 Å². The monoisotopic (exact) mass is 1550 g/mol. The van der Waals surface area contributed by atoms with Gasteiger partial charge in [0, 0.05) is 86.7 Å². The van der Waals surface area contributed by atoms with Gasteiger partial charge in [0.2, 0.25) is 11.8 Å². The number of rotatable bonds is 18. The Labute approximate surface area is 597 Å². The minimum Gasteiger partial charge on any atom is -0.344 e. The lowest BCUT2D eigenvalue weighted by Gasteiger charge is -2.33. The van der Waals surface area contributed by atoms with Gasteiger partial charge in [0.05, 0.1) is 54.7 Å². The van der Waals surface area contributed by atoms with Crippen LogP contribution in [0.25, 0.3) is 21.5 Å². The van der Waals surface area contributed by atoms with Crippen molar-refractivity contribution in [1.29, 1.82) is 0 Å². The molecular weight excluding hydrogens is 1480 g/mol. The van der Waals surface area contributed by atoms with Crippen LogP contribution in [0.3, 0.4) is 0 Å². The van der Waals surface area contributed by atoms with E-state index in [2.05, 4.69) is 21.3 Å². The fraction of sp³-hybridized carbons (Fsp3) is 0.369. The predicted molar refractivity (Wildman–Crippen MR) is 377 cm³/mol. The summed E-state index contributed by atoms with van der Waals surface area (Å²) in [6, 6.07) is 10.0. The Balaban J connectivity index is 0.801. The van der Waals surface area contributed by atoms with Crippen LogP contribution in [-0.4, -0.2) is 126 Å². The van der Waals surface area contributed by atoms with Crippen LogP contribution < -0.4 is 31.1 Å². The Morgan fingerprint density at radius 2 is 0.692 bits per heavy atom. The Kier molecular flexibility index (Phi) is 17.7. The Morgan fingerprint density at radius 1 is 0.394 bits per heavy atom. The van der Waals surface area contributed by atoms with E-state index in [1.807, 2.05) is 41.5 Å². The molecule has 4 aliphatic carbocycles. The summed E-state index contributed by atoms with van der Waals surface area (Å²) in [6.45, 7) is 11.6. The van der Waals surface area contributed by atoms with Crippen molar-refractivity contribution < 1.29 is 102 Å². The number of carbonyl (C=O) groups is 5. The van der Waals surface area contributed by atoms with Crippen LogP contribution in [-0.2, 0) is 98.5 Å². The molecule has 33 nitrogen and oxygen atoms in total. The molecule has 4 aromatic heterocycles. The lowest BCUT2D eigenvalue weighted by atomic mass is 9.79. The van der Waals surface area contributed by atoms with Crippen LogP contribution in [0, 0.1) is 45.3 Å². The van der Waals surface area contributed by atoms with Crippen molar-refractivity contribution in [3.05, 3.63) is 109 Å². The van der Waals surface area contributed by atoms with E-state index in [1.165, 1.54) is 95.5 Å². The number of amides is 6. The summed E-state index contributed by atoms with van der Waals surface area (Å²) in [4.78, 5) is 68.6. The minimum atomic E-state index is -5.46. The summed E-state index contributed by atoms with van der Waals surface area (Å²) in [5.74, 6) is -3.09. The second-order valence-electron chi connectivity index (χ2n) is 28.6.